The van der Waals surface area contributed by atoms with Crippen LogP contribution in [0, 0.1) is 23.2 Å². The van der Waals surface area contributed by atoms with Gasteiger partial charge in [0.15, 0.2) is 0 Å². The first-order valence-corrected chi connectivity index (χ1v) is 20.7. The smallest absolute Gasteiger partial charge is 0.0286 e. The summed E-state index contributed by atoms with van der Waals surface area (Å²) in [6.07, 6.45) is 28.9. The molecular weight excluding hydrogens is 685 g/mol. The second-order valence-corrected chi connectivity index (χ2v) is 16.2. The van der Waals surface area contributed by atoms with Crippen LogP contribution < -0.4 is 0 Å². The highest BCUT2D eigenvalue weighted by Gasteiger charge is 2.67. The maximum absolute atomic E-state index is 4.39. The SMILES string of the molecule is C=Cc1cccc(C2C3C[C@@]45C6=CC=CC4=C(c4ccc(-c7cccc8ccccc78)cc4)C=CC5C2C6=C(c2cccc(/C=C\C)c2C=C)/C3=C/C)c1/C=C\C. The molecule has 5 atom stereocenters. The molecule has 0 N–H and O–H groups in total. The van der Waals surface area contributed by atoms with E-state index >= 15 is 0 Å². The summed E-state index contributed by atoms with van der Waals surface area (Å²) in [5, 5.41) is 2.56. The molecule has 0 saturated heterocycles. The summed E-state index contributed by atoms with van der Waals surface area (Å²) in [5.74, 6) is 1.28. The van der Waals surface area contributed by atoms with Gasteiger partial charge in [-0.05, 0) is 145 Å². The molecule has 0 radical (unpaired) electrons. The largest absolute Gasteiger partial charge is 0.0984 e. The third-order valence-electron chi connectivity index (χ3n) is 13.8. The van der Waals surface area contributed by atoms with Crippen molar-refractivity contribution >= 4 is 46.2 Å². The van der Waals surface area contributed by atoms with Crippen molar-refractivity contribution in [3.8, 4) is 11.1 Å². The molecule has 2 fully saturated rings. The van der Waals surface area contributed by atoms with Crippen LogP contribution >= 0.6 is 0 Å². The van der Waals surface area contributed by atoms with E-state index in [9.17, 15) is 0 Å². The minimum atomic E-state index is -0.115. The fraction of sp³-hybridized carbons (Fsp3) is 0.158. The Labute approximate surface area is 338 Å². The van der Waals surface area contributed by atoms with Crippen molar-refractivity contribution in [3.63, 3.8) is 0 Å². The van der Waals surface area contributed by atoms with E-state index in [1.807, 2.05) is 6.08 Å². The average molecular weight is 733 g/mol. The first-order chi connectivity index (χ1) is 28.1. The molecule has 5 aromatic carbocycles. The monoisotopic (exact) mass is 732 g/mol. The number of benzene rings is 5. The van der Waals surface area contributed by atoms with Crippen LogP contribution in [0.2, 0.25) is 0 Å². The van der Waals surface area contributed by atoms with E-state index in [0.717, 1.165) is 6.42 Å². The van der Waals surface area contributed by atoms with Crippen LogP contribution in [0.25, 0.3) is 57.3 Å². The molecule has 0 amide bonds. The summed E-state index contributed by atoms with van der Waals surface area (Å²) >= 11 is 0. The van der Waals surface area contributed by atoms with Crippen molar-refractivity contribution in [2.45, 2.75) is 33.1 Å². The van der Waals surface area contributed by atoms with Crippen LogP contribution in [0.15, 0.2) is 187 Å². The van der Waals surface area contributed by atoms with Gasteiger partial charge >= 0.3 is 0 Å². The van der Waals surface area contributed by atoms with Gasteiger partial charge in [-0.25, -0.2) is 0 Å². The fourth-order valence-electron chi connectivity index (χ4n) is 11.8. The highest BCUT2D eigenvalue weighted by molar-refractivity contribution is 5.98. The van der Waals surface area contributed by atoms with Gasteiger partial charge in [0.1, 0.15) is 0 Å². The molecule has 4 unspecified atom stereocenters. The summed E-state index contributed by atoms with van der Waals surface area (Å²) in [6.45, 7) is 15.2. The molecule has 10 rings (SSSR count). The first kappa shape index (κ1) is 35.2. The van der Waals surface area contributed by atoms with Crippen molar-refractivity contribution in [2.24, 2.45) is 23.2 Å². The predicted octanol–water partition coefficient (Wildman–Crippen LogP) is 15.1. The van der Waals surface area contributed by atoms with Crippen LogP contribution in [0.3, 0.4) is 0 Å². The van der Waals surface area contributed by atoms with Crippen molar-refractivity contribution in [1.82, 2.24) is 0 Å². The molecule has 5 aliphatic carbocycles. The van der Waals surface area contributed by atoms with Crippen molar-refractivity contribution in [2.75, 3.05) is 0 Å². The van der Waals surface area contributed by atoms with E-state index in [0.29, 0.717) is 23.7 Å². The Morgan fingerprint density at radius 2 is 1.40 bits per heavy atom. The number of rotatable bonds is 8. The number of hydrogen-bond acceptors (Lipinski definition) is 0. The average Bonchev–Trinajstić information content (AvgIpc) is 3.37. The minimum absolute atomic E-state index is 0.115. The van der Waals surface area contributed by atoms with Crippen molar-refractivity contribution < 1.29 is 0 Å². The molecular formula is C57H48. The van der Waals surface area contributed by atoms with Crippen LogP contribution in [0.1, 0.15) is 72.1 Å². The molecule has 0 heteroatoms. The zero-order chi connectivity index (χ0) is 38.8. The van der Waals surface area contributed by atoms with Crippen LogP contribution in [0.5, 0.6) is 0 Å². The van der Waals surface area contributed by atoms with Gasteiger partial charge in [-0.15, -0.1) is 0 Å². The molecule has 276 valence electrons. The molecule has 0 heterocycles. The Bertz CT molecular complexity index is 2770. The van der Waals surface area contributed by atoms with Gasteiger partial charge in [-0.2, -0.15) is 0 Å². The number of fused-ring (bicyclic) bond motifs is 3. The second kappa shape index (κ2) is 13.7. The summed E-state index contributed by atoms with van der Waals surface area (Å²) in [7, 11) is 0. The van der Waals surface area contributed by atoms with Crippen LogP contribution in [-0.2, 0) is 0 Å². The Hall–Kier alpha value is -6.24. The Kier molecular flexibility index (Phi) is 8.49. The van der Waals surface area contributed by atoms with Crippen molar-refractivity contribution in [1.29, 1.82) is 0 Å². The maximum Gasteiger partial charge on any atom is 0.0286 e. The lowest BCUT2D eigenvalue weighted by Crippen LogP contribution is -2.45. The van der Waals surface area contributed by atoms with Crippen molar-refractivity contribution in [3.05, 3.63) is 226 Å². The van der Waals surface area contributed by atoms with E-state index in [2.05, 4.69) is 204 Å². The van der Waals surface area contributed by atoms with Gasteiger partial charge in [0, 0.05) is 5.41 Å². The zero-order valence-electron chi connectivity index (χ0n) is 33.2. The van der Waals surface area contributed by atoms with E-state index in [-0.39, 0.29) is 5.41 Å². The third-order valence-corrected chi connectivity index (χ3v) is 13.8. The first-order valence-electron chi connectivity index (χ1n) is 20.7. The normalized spacial score (nSPS) is 25.0. The highest BCUT2D eigenvalue weighted by atomic mass is 14.7. The summed E-state index contributed by atoms with van der Waals surface area (Å²) < 4.78 is 0. The quantitative estimate of drug-likeness (QED) is 0.149. The molecule has 0 nitrogen and oxygen atoms in total. The number of hydrogen-bond donors (Lipinski definition) is 0. The molecule has 1 spiro atoms. The second-order valence-electron chi connectivity index (χ2n) is 16.2. The molecule has 0 aliphatic heterocycles. The zero-order valence-corrected chi connectivity index (χ0v) is 33.2. The molecule has 5 aromatic rings. The molecule has 5 aliphatic rings. The predicted molar refractivity (Wildman–Crippen MR) is 246 cm³/mol. The summed E-state index contributed by atoms with van der Waals surface area (Å²) in [4.78, 5) is 0. The van der Waals surface area contributed by atoms with Gasteiger partial charge < -0.3 is 0 Å². The lowest BCUT2D eigenvalue weighted by Gasteiger charge is -2.53. The fourth-order valence-corrected chi connectivity index (χ4v) is 11.8. The Morgan fingerprint density at radius 1 is 0.667 bits per heavy atom. The van der Waals surface area contributed by atoms with Gasteiger partial charge in [0.25, 0.3) is 0 Å². The van der Waals surface area contributed by atoms with Gasteiger partial charge in [0.2, 0.25) is 0 Å². The molecule has 3 bridgehead atoms. The molecule has 57 heavy (non-hydrogen) atoms. The standard InChI is InChI=1S/C57H48/c1-6-17-37-21-15-25-47(41(37)9-4)53-42(10-5)49-35-57-50-27-16-28-51(57)55(53)56(54(49)48-26-13-20-36(8-3)43(48)18-7-2)52(57)34-33-46(50)40-31-29-39(30-32-40)45-24-14-22-38-19-11-12-23-44(38)45/h6-34,49,52,54,56H,3-4,35H2,1-2,5H3/b17-6-,18-7-,42-10+/t49?,52?,54?,56?,57-/m0/s1. The van der Waals surface area contributed by atoms with E-state index in [4.69, 9.17) is 0 Å². The maximum atomic E-state index is 4.39. The lowest BCUT2D eigenvalue weighted by molar-refractivity contribution is 0.145. The van der Waals surface area contributed by atoms with Gasteiger partial charge in [-0.1, -0.05) is 189 Å². The minimum Gasteiger partial charge on any atom is -0.0984 e. The van der Waals surface area contributed by atoms with Crippen LogP contribution in [-0.4, -0.2) is 0 Å². The van der Waals surface area contributed by atoms with E-state index < -0.39 is 0 Å². The highest BCUT2D eigenvalue weighted by Crippen LogP contribution is 2.77. The molecule has 2 saturated carbocycles. The summed E-state index contributed by atoms with van der Waals surface area (Å²) in [5.41, 5.74) is 20.2. The van der Waals surface area contributed by atoms with E-state index in [1.165, 1.54) is 94.3 Å². The van der Waals surface area contributed by atoms with Gasteiger partial charge in [-0.3, -0.25) is 0 Å². The summed E-state index contributed by atoms with van der Waals surface area (Å²) in [6, 6.07) is 38.4. The Balaban J connectivity index is 1.20. The number of allylic oxidation sites excluding steroid dienone is 14. The Morgan fingerprint density at radius 3 is 2.19 bits per heavy atom. The third kappa shape index (κ3) is 4.99. The van der Waals surface area contributed by atoms with E-state index in [1.54, 1.807) is 0 Å². The van der Waals surface area contributed by atoms with Gasteiger partial charge in [0.05, 0.1) is 0 Å². The van der Waals surface area contributed by atoms with Crippen LogP contribution in [0.4, 0.5) is 0 Å². The molecule has 0 aromatic heterocycles. The topological polar surface area (TPSA) is 0 Å². The lowest BCUT2D eigenvalue weighted by atomic mass is 9.49.